The summed E-state index contributed by atoms with van der Waals surface area (Å²) in [6.07, 6.45) is 0.488. The molecule has 1 amide bonds. The Morgan fingerprint density at radius 2 is 1.95 bits per heavy atom. The van der Waals surface area contributed by atoms with E-state index in [9.17, 15) is 14.7 Å². The van der Waals surface area contributed by atoms with Crippen LogP contribution >= 0.6 is 11.6 Å². The summed E-state index contributed by atoms with van der Waals surface area (Å²) in [5.41, 5.74) is 0.919. The van der Waals surface area contributed by atoms with Crippen LogP contribution in [0.2, 0.25) is 5.02 Å². The molecule has 0 spiro atoms. The molecule has 1 saturated heterocycles. The van der Waals surface area contributed by atoms with Crippen LogP contribution in [0.3, 0.4) is 0 Å². The molecule has 1 heterocycles. The standard InChI is InChI=1S/C14H16ClNO3/c1-9(17)16-7-6-12(14(18)19)13(8-16)10-2-4-11(15)5-3-10/h2-5,12-13H,6-8H2,1H3,(H,18,19). The van der Waals surface area contributed by atoms with Crippen molar-refractivity contribution < 1.29 is 14.7 Å². The van der Waals surface area contributed by atoms with Gasteiger partial charge in [0, 0.05) is 31.0 Å². The number of rotatable bonds is 2. The molecule has 4 nitrogen and oxygen atoms in total. The van der Waals surface area contributed by atoms with E-state index in [1.54, 1.807) is 17.0 Å². The van der Waals surface area contributed by atoms with E-state index >= 15 is 0 Å². The van der Waals surface area contributed by atoms with Crippen molar-refractivity contribution in [3.05, 3.63) is 34.9 Å². The molecular weight excluding hydrogens is 266 g/mol. The van der Waals surface area contributed by atoms with Crippen molar-refractivity contribution in [2.24, 2.45) is 5.92 Å². The van der Waals surface area contributed by atoms with Crippen LogP contribution in [0.15, 0.2) is 24.3 Å². The van der Waals surface area contributed by atoms with Gasteiger partial charge in [0.15, 0.2) is 0 Å². The van der Waals surface area contributed by atoms with Crippen LogP contribution in [0.4, 0.5) is 0 Å². The van der Waals surface area contributed by atoms with Crippen LogP contribution in [0.25, 0.3) is 0 Å². The lowest BCUT2D eigenvalue weighted by Gasteiger charge is -2.36. The van der Waals surface area contributed by atoms with Gasteiger partial charge in [-0.3, -0.25) is 9.59 Å². The van der Waals surface area contributed by atoms with Gasteiger partial charge in [0.2, 0.25) is 5.91 Å². The number of halogens is 1. The Labute approximate surface area is 117 Å². The quantitative estimate of drug-likeness (QED) is 0.905. The number of nitrogens with zero attached hydrogens (tertiary/aromatic N) is 1. The molecule has 0 aliphatic carbocycles. The predicted molar refractivity (Wildman–Crippen MR) is 72.2 cm³/mol. The number of likely N-dealkylation sites (tertiary alicyclic amines) is 1. The van der Waals surface area contributed by atoms with Gasteiger partial charge in [-0.1, -0.05) is 23.7 Å². The first kappa shape index (κ1) is 13.9. The summed E-state index contributed by atoms with van der Waals surface area (Å²) in [7, 11) is 0. The Hall–Kier alpha value is -1.55. The molecule has 1 aliphatic heterocycles. The first-order valence-corrected chi connectivity index (χ1v) is 6.60. The zero-order chi connectivity index (χ0) is 14.0. The number of hydrogen-bond acceptors (Lipinski definition) is 2. The van der Waals surface area contributed by atoms with Gasteiger partial charge in [-0.25, -0.2) is 0 Å². The van der Waals surface area contributed by atoms with Crippen molar-refractivity contribution in [1.29, 1.82) is 0 Å². The fraction of sp³-hybridized carbons (Fsp3) is 0.429. The average Bonchev–Trinajstić information content (AvgIpc) is 2.38. The molecule has 1 aromatic carbocycles. The SMILES string of the molecule is CC(=O)N1CCC(C(=O)O)C(c2ccc(Cl)cc2)C1. The molecule has 2 unspecified atom stereocenters. The Balaban J connectivity index is 2.27. The third-order valence-electron chi connectivity index (χ3n) is 3.67. The zero-order valence-electron chi connectivity index (χ0n) is 10.7. The highest BCUT2D eigenvalue weighted by atomic mass is 35.5. The maximum Gasteiger partial charge on any atom is 0.307 e. The summed E-state index contributed by atoms with van der Waals surface area (Å²) in [4.78, 5) is 24.5. The maximum atomic E-state index is 11.5. The van der Waals surface area contributed by atoms with E-state index in [0.717, 1.165) is 5.56 Å². The normalized spacial score (nSPS) is 23.2. The summed E-state index contributed by atoms with van der Waals surface area (Å²) in [6, 6.07) is 7.18. The molecule has 19 heavy (non-hydrogen) atoms. The highest BCUT2D eigenvalue weighted by Crippen LogP contribution is 2.33. The lowest BCUT2D eigenvalue weighted by molar-refractivity contribution is -0.146. The van der Waals surface area contributed by atoms with Gasteiger partial charge in [-0.05, 0) is 24.1 Å². The van der Waals surface area contributed by atoms with Crippen molar-refractivity contribution in [2.75, 3.05) is 13.1 Å². The smallest absolute Gasteiger partial charge is 0.307 e. The van der Waals surface area contributed by atoms with E-state index in [0.29, 0.717) is 24.5 Å². The molecule has 1 N–H and O–H groups in total. The Bertz CT molecular complexity index is 486. The number of carboxylic acids is 1. The highest BCUT2D eigenvalue weighted by molar-refractivity contribution is 6.30. The summed E-state index contributed by atoms with van der Waals surface area (Å²) in [6.45, 7) is 2.48. The van der Waals surface area contributed by atoms with Crippen LogP contribution in [0.5, 0.6) is 0 Å². The number of piperidine rings is 1. The molecule has 0 aromatic heterocycles. The van der Waals surface area contributed by atoms with E-state index in [1.807, 2.05) is 12.1 Å². The molecule has 5 heteroatoms. The molecule has 2 atom stereocenters. The molecule has 2 rings (SSSR count). The second kappa shape index (κ2) is 5.61. The number of carbonyl (C=O) groups excluding carboxylic acids is 1. The number of hydrogen-bond donors (Lipinski definition) is 1. The van der Waals surface area contributed by atoms with Crippen molar-refractivity contribution >= 4 is 23.5 Å². The second-order valence-electron chi connectivity index (χ2n) is 4.86. The topological polar surface area (TPSA) is 57.6 Å². The number of amides is 1. The lowest BCUT2D eigenvalue weighted by Crippen LogP contribution is -2.44. The molecule has 0 bridgehead atoms. The van der Waals surface area contributed by atoms with E-state index < -0.39 is 11.9 Å². The molecule has 102 valence electrons. The number of carbonyl (C=O) groups is 2. The Morgan fingerprint density at radius 1 is 1.32 bits per heavy atom. The Kier molecular flexibility index (Phi) is 4.10. The summed E-state index contributed by atoms with van der Waals surface area (Å²) in [5.74, 6) is -1.44. The zero-order valence-corrected chi connectivity index (χ0v) is 11.4. The van der Waals surface area contributed by atoms with E-state index in [1.165, 1.54) is 6.92 Å². The molecule has 0 radical (unpaired) electrons. The Morgan fingerprint density at radius 3 is 2.47 bits per heavy atom. The van der Waals surface area contributed by atoms with Gasteiger partial charge >= 0.3 is 5.97 Å². The number of aliphatic carboxylic acids is 1. The number of benzene rings is 1. The molecule has 0 saturated carbocycles. The first-order chi connectivity index (χ1) is 8.99. The van der Waals surface area contributed by atoms with Crippen molar-refractivity contribution in [2.45, 2.75) is 19.3 Å². The molecule has 1 aromatic rings. The van der Waals surface area contributed by atoms with Crippen molar-refractivity contribution in [3.63, 3.8) is 0 Å². The van der Waals surface area contributed by atoms with Crippen LogP contribution < -0.4 is 0 Å². The minimum absolute atomic E-state index is 0.0113. The second-order valence-corrected chi connectivity index (χ2v) is 5.29. The summed E-state index contributed by atoms with van der Waals surface area (Å²) < 4.78 is 0. The summed E-state index contributed by atoms with van der Waals surface area (Å²) >= 11 is 5.85. The third-order valence-corrected chi connectivity index (χ3v) is 3.93. The van der Waals surface area contributed by atoms with Gasteiger partial charge in [0.1, 0.15) is 0 Å². The van der Waals surface area contributed by atoms with Crippen LogP contribution in [0, 0.1) is 5.92 Å². The fourth-order valence-electron chi connectivity index (χ4n) is 2.58. The predicted octanol–water partition coefficient (Wildman–Crippen LogP) is 2.38. The first-order valence-electron chi connectivity index (χ1n) is 6.23. The van der Waals surface area contributed by atoms with Gasteiger partial charge in [0.05, 0.1) is 5.92 Å². The molecule has 1 aliphatic rings. The van der Waals surface area contributed by atoms with Crippen LogP contribution in [-0.2, 0) is 9.59 Å². The van der Waals surface area contributed by atoms with Crippen molar-refractivity contribution in [3.8, 4) is 0 Å². The van der Waals surface area contributed by atoms with E-state index in [2.05, 4.69) is 0 Å². The van der Waals surface area contributed by atoms with Crippen LogP contribution in [-0.4, -0.2) is 35.0 Å². The van der Waals surface area contributed by atoms with E-state index in [4.69, 9.17) is 11.6 Å². The van der Waals surface area contributed by atoms with Gasteiger partial charge in [-0.2, -0.15) is 0 Å². The highest BCUT2D eigenvalue weighted by Gasteiger charge is 2.35. The van der Waals surface area contributed by atoms with Crippen molar-refractivity contribution in [1.82, 2.24) is 4.90 Å². The molecular formula is C14H16ClNO3. The van der Waals surface area contributed by atoms with Gasteiger partial charge < -0.3 is 10.0 Å². The average molecular weight is 282 g/mol. The lowest BCUT2D eigenvalue weighted by atomic mass is 9.80. The monoisotopic (exact) mass is 281 g/mol. The van der Waals surface area contributed by atoms with Gasteiger partial charge in [0.25, 0.3) is 0 Å². The largest absolute Gasteiger partial charge is 0.481 e. The summed E-state index contributed by atoms with van der Waals surface area (Å²) in [5, 5.41) is 9.94. The third kappa shape index (κ3) is 3.07. The molecule has 1 fully saturated rings. The fourth-order valence-corrected chi connectivity index (χ4v) is 2.71. The number of carboxylic acid groups (broad SMARTS) is 1. The van der Waals surface area contributed by atoms with E-state index in [-0.39, 0.29) is 11.8 Å². The maximum absolute atomic E-state index is 11.5. The minimum atomic E-state index is -0.803. The van der Waals surface area contributed by atoms with Gasteiger partial charge in [-0.15, -0.1) is 0 Å². The van der Waals surface area contributed by atoms with Crippen LogP contribution in [0.1, 0.15) is 24.8 Å². The minimum Gasteiger partial charge on any atom is -0.481 e.